The van der Waals surface area contributed by atoms with Gasteiger partial charge in [-0.25, -0.2) is 0 Å². The number of halogens is 1. The number of rotatable bonds is 5. The molecule has 0 bridgehead atoms. The first-order valence-electron chi connectivity index (χ1n) is 6.98. The van der Waals surface area contributed by atoms with Crippen LogP contribution in [0.4, 0.5) is 0 Å². The van der Waals surface area contributed by atoms with Crippen molar-refractivity contribution in [3.05, 3.63) is 28.2 Å². The van der Waals surface area contributed by atoms with Gasteiger partial charge in [-0.2, -0.15) is 0 Å². The maximum absolute atomic E-state index is 9.35. The van der Waals surface area contributed by atoms with Gasteiger partial charge >= 0.3 is 0 Å². The number of aliphatic hydroxyl groups excluding tert-OH is 1. The summed E-state index contributed by atoms with van der Waals surface area (Å²) in [5.74, 6) is 0.723. The highest BCUT2D eigenvalue weighted by atomic mass is 79.9. The fourth-order valence-corrected chi connectivity index (χ4v) is 2.72. The molecule has 4 nitrogen and oxygen atoms in total. The molecule has 1 atom stereocenters. The van der Waals surface area contributed by atoms with E-state index < -0.39 is 0 Å². The summed E-state index contributed by atoms with van der Waals surface area (Å²) in [7, 11) is 0. The Morgan fingerprint density at radius 3 is 3.00 bits per heavy atom. The number of nitrogens with zero attached hydrogens (tertiary/aromatic N) is 1. The Bertz CT molecular complexity index is 439. The molecular weight excluding hydrogens is 322 g/mol. The van der Waals surface area contributed by atoms with Crippen molar-refractivity contribution in [3.63, 3.8) is 0 Å². The minimum absolute atomic E-state index is 0.0293. The molecule has 1 aliphatic rings. The van der Waals surface area contributed by atoms with Gasteiger partial charge < -0.3 is 14.6 Å². The van der Waals surface area contributed by atoms with E-state index in [0.717, 1.165) is 35.5 Å². The first-order chi connectivity index (χ1) is 9.60. The molecule has 0 aliphatic carbocycles. The van der Waals surface area contributed by atoms with Crippen molar-refractivity contribution in [2.24, 2.45) is 0 Å². The lowest BCUT2D eigenvalue weighted by Crippen LogP contribution is -2.47. The van der Waals surface area contributed by atoms with Crippen LogP contribution in [0.3, 0.4) is 0 Å². The van der Waals surface area contributed by atoms with Crippen LogP contribution in [-0.4, -0.2) is 48.5 Å². The minimum atomic E-state index is -0.0293. The highest BCUT2D eigenvalue weighted by Crippen LogP contribution is 2.23. The second kappa shape index (κ2) is 7.41. The Balaban J connectivity index is 1.91. The van der Waals surface area contributed by atoms with Gasteiger partial charge in [-0.3, -0.25) is 4.90 Å². The summed E-state index contributed by atoms with van der Waals surface area (Å²) in [6, 6.07) is 6.19. The normalized spacial score (nSPS) is 20.4. The maximum atomic E-state index is 9.35. The molecule has 1 fully saturated rings. The number of ether oxygens (including phenoxy) is 2. The van der Waals surface area contributed by atoms with Crippen LogP contribution < -0.4 is 4.74 Å². The Morgan fingerprint density at radius 1 is 1.50 bits per heavy atom. The van der Waals surface area contributed by atoms with Crippen LogP contribution >= 0.6 is 15.9 Å². The fraction of sp³-hybridized carbons (Fsp3) is 0.600. The van der Waals surface area contributed by atoms with E-state index in [9.17, 15) is 5.11 Å². The average Bonchev–Trinajstić information content (AvgIpc) is 2.46. The zero-order valence-corrected chi connectivity index (χ0v) is 13.6. The van der Waals surface area contributed by atoms with Crippen molar-refractivity contribution in [2.75, 3.05) is 26.3 Å². The van der Waals surface area contributed by atoms with Gasteiger partial charge in [0, 0.05) is 29.2 Å². The lowest BCUT2D eigenvalue weighted by molar-refractivity contribution is -0.0566. The lowest BCUT2D eigenvalue weighted by Gasteiger charge is -2.35. The van der Waals surface area contributed by atoms with Crippen LogP contribution in [-0.2, 0) is 11.3 Å². The minimum Gasteiger partial charge on any atom is -0.490 e. The lowest BCUT2D eigenvalue weighted by atomic mass is 10.2. The topological polar surface area (TPSA) is 41.9 Å². The fourth-order valence-electron chi connectivity index (χ4n) is 2.31. The van der Waals surface area contributed by atoms with E-state index in [1.54, 1.807) is 0 Å². The Morgan fingerprint density at radius 2 is 2.30 bits per heavy atom. The molecule has 20 heavy (non-hydrogen) atoms. The highest BCUT2D eigenvalue weighted by molar-refractivity contribution is 9.10. The maximum Gasteiger partial charge on any atom is 0.125 e. The zero-order chi connectivity index (χ0) is 14.5. The Hall–Kier alpha value is -0.620. The SMILES string of the molecule is CC(C)N1CCOC(COc2ccc(Br)cc2CO)C1. The third-order valence-corrected chi connectivity index (χ3v) is 4.01. The van der Waals surface area contributed by atoms with E-state index in [1.165, 1.54) is 0 Å². The molecule has 0 radical (unpaired) electrons. The molecule has 112 valence electrons. The number of aliphatic hydroxyl groups is 1. The number of morpholine rings is 1. The highest BCUT2D eigenvalue weighted by Gasteiger charge is 2.22. The molecular formula is C15H22BrNO3. The quantitative estimate of drug-likeness (QED) is 0.891. The number of hydrogen-bond donors (Lipinski definition) is 1. The molecule has 5 heteroatoms. The van der Waals surface area contributed by atoms with Crippen LogP contribution in [0.25, 0.3) is 0 Å². The smallest absolute Gasteiger partial charge is 0.125 e. The van der Waals surface area contributed by atoms with Crippen molar-refractivity contribution in [1.82, 2.24) is 4.90 Å². The van der Waals surface area contributed by atoms with E-state index in [4.69, 9.17) is 9.47 Å². The summed E-state index contributed by atoms with van der Waals surface area (Å²) in [6.45, 7) is 7.50. The zero-order valence-electron chi connectivity index (χ0n) is 12.0. The average molecular weight is 344 g/mol. The molecule has 0 amide bonds. The molecule has 1 aromatic rings. The Kier molecular flexibility index (Phi) is 5.84. The molecule has 1 N–H and O–H groups in total. The largest absolute Gasteiger partial charge is 0.490 e. The van der Waals surface area contributed by atoms with Gasteiger partial charge in [0.05, 0.1) is 13.2 Å². The Labute approximate surface area is 128 Å². The van der Waals surface area contributed by atoms with Crippen LogP contribution in [0, 0.1) is 0 Å². The molecule has 1 heterocycles. The molecule has 0 aromatic heterocycles. The standard InChI is InChI=1S/C15H22BrNO3/c1-11(2)17-5-6-19-14(8-17)10-20-15-4-3-13(16)7-12(15)9-18/h3-4,7,11,14,18H,5-6,8-10H2,1-2H3. The molecule has 1 saturated heterocycles. The molecule has 1 aliphatic heterocycles. The van der Waals surface area contributed by atoms with Crippen molar-refractivity contribution < 1.29 is 14.6 Å². The van der Waals surface area contributed by atoms with E-state index in [1.807, 2.05) is 18.2 Å². The summed E-state index contributed by atoms with van der Waals surface area (Å²) in [5, 5.41) is 9.35. The summed E-state index contributed by atoms with van der Waals surface area (Å²) in [6.07, 6.45) is 0.0846. The summed E-state index contributed by atoms with van der Waals surface area (Å²) in [4.78, 5) is 2.39. The second-order valence-electron chi connectivity index (χ2n) is 5.30. The van der Waals surface area contributed by atoms with Gasteiger partial charge in [0.25, 0.3) is 0 Å². The van der Waals surface area contributed by atoms with Gasteiger partial charge in [0.2, 0.25) is 0 Å². The van der Waals surface area contributed by atoms with Gasteiger partial charge in [-0.1, -0.05) is 15.9 Å². The predicted molar refractivity (Wildman–Crippen MR) is 82.0 cm³/mol. The third kappa shape index (κ3) is 4.19. The van der Waals surface area contributed by atoms with Crippen molar-refractivity contribution in [3.8, 4) is 5.75 Å². The van der Waals surface area contributed by atoms with Crippen molar-refractivity contribution >= 4 is 15.9 Å². The van der Waals surface area contributed by atoms with E-state index in [2.05, 4.69) is 34.7 Å². The van der Waals surface area contributed by atoms with Gasteiger partial charge in [-0.05, 0) is 32.0 Å². The van der Waals surface area contributed by atoms with Gasteiger partial charge in [-0.15, -0.1) is 0 Å². The van der Waals surface area contributed by atoms with E-state index >= 15 is 0 Å². The first kappa shape index (κ1) is 15.8. The predicted octanol–water partition coefficient (Wildman–Crippen LogP) is 2.43. The van der Waals surface area contributed by atoms with Gasteiger partial charge in [0.1, 0.15) is 18.5 Å². The second-order valence-corrected chi connectivity index (χ2v) is 6.22. The molecule has 1 unspecified atom stereocenters. The summed E-state index contributed by atoms with van der Waals surface area (Å²) < 4.78 is 12.5. The van der Waals surface area contributed by atoms with E-state index in [0.29, 0.717) is 12.6 Å². The number of hydrogen-bond acceptors (Lipinski definition) is 4. The van der Waals surface area contributed by atoms with Crippen LogP contribution in [0.1, 0.15) is 19.4 Å². The van der Waals surface area contributed by atoms with Crippen LogP contribution in [0.2, 0.25) is 0 Å². The molecule has 1 aromatic carbocycles. The molecule has 0 spiro atoms. The number of benzene rings is 1. The van der Waals surface area contributed by atoms with Gasteiger partial charge in [0.15, 0.2) is 0 Å². The summed E-state index contributed by atoms with van der Waals surface area (Å²) >= 11 is 3.39. The van der Waals surface area contributed by atoms with Crippen LogP contribution in [0.15, 0.2) is 22.7 Å². The van der Waals surface area contributed by atoms with Crippen molar-refractivity contribution in [2.45, 2.75) is 32.6 Å². The monoisotopic (exact) mass is 343 g/mol. The van der Waals surface area contributed by atoms with Crippen molar-refractivity contribution in [1.29, 1.82) is 0 Å². The molecule has 0 saturated carbocycles. The molecule has 2 rings (SSSR count). The summed E-state index contributed by atoms with van der Waals surface area (Å²) in [5.41, 5.74) is 0.788. The van der Waals surface area contributed by atoms with Crippen LogP contribution in [0.5, 0.6) is 5.75 Å². The first-order valence-corrected chi connectivity index (χ1v) is 7.77. The third-order valence-electron chi connectivity index (χ3n) is 3.52. The van der Waals surface area contributed by atoms with E-state index in [-0.39, 0.29) is 12.7 Å².